The van der Waals surface area contributed by atoms with Gasteiger partial charge in [0.05, 0.1) is 6.04 Å². The number of nitrogens with two attached hydrogens (primary N) is 2. The van der Waals surface area contributed by atoms with Gasteiger partial charge in [0.15, 0.2) is 5.82 Å². The summed E-state index contributed by atoms with van der Waals surface area (Å²) in [7, 11) is 1.75. The van der Waals surface area contributed by atoms with Crippen LogP contribution in [0, 0.1) is 5.41 Å². The number of aromatic nitrogens is 3. The van der Waals surface area contributed by atoms with E-state index in [4.69, 9.17) is 11.5 Å². The van der Waals surface area contributed by atoms with Crippen molar-refractivity contribution < 1.29 is 0 Å². The average Bonchev–Trinajstić information content (AvgIpc) is 2.29. The van der Waals surface area contributed by atoms with Crippen molar-refractivity contribution in [2.75, 3.05) is 5.73 Å². The number of hydrogen-bond donors (Lipinski definition) is 2. The SMILES string of the molecule is Cn1nc([C@@H](N)C(C)(C)C)nc1N. The lowest BCUT2D eigenvalue weighted by atomic mass is 9.87. The topological polar surface area (TPSA) is 82.8 Å². The Morgan fingerprint density at radius 2 is 1.92 bits per heavy atom. The summed E-state index contributed by atoms with van der Waals surface area (Å²) in [6.45, 7) is 6.14. The van der Waals surface area contributed by atoms with E-state index < -0.39 is 0 Å². The maximum Gasteiger partial charge on any atom is 0.218 e. The van der Waals surface area contributed by atoms with Crippen LogP contribution in [0.15, 0.2) is 0 Å². The summed E-state index contributed by atoms with van der Waals surface area (Å²) < 4.78 is 1.53. The van der Waals surface area contributed by atoms with Gasteiger partial charge in [-0.05, 0) is 5.41 Å². The van der Waals surface area contributed by atoms with Gasteiger partial charge in [0, 0.05) is 7.05 Å². The van der Waals surface area contributed by atoms with E-state index >= 15 is 0 Å². The van der Waals surface area contributed by atoms with Crippen molar-refractivity contribution in [1.29, 1.82) is 0 Å². The van der Waals surface area contributed by atoms with Gasteiger partial charge in [-0.25, -0.2) is 4.68 Å². The van der Waals surface area contributed by atoms with Crippen LogP contribution in [0.25, 0.3) is 0 Å². The Morgan fingerprint density at radius 1 is 1.38 bits per heavy atom. The third-order valence-corrected chi connectivity index (χ3v) is 2.02. The number of aryl methyl sites for hydroxylation is 1. The lowest BCUT2D eigenvalue weighted by molar-refractivity contribution is 0.315. The predicted molar refractivity (Wildman–Crippen MR) is 51.8 cm³/mol. The molecule has 0 spiro atoms. The first kappa shape index (κ1) is 9.98. The van der Waals surface area contributed by atoms with Crippen LogP contribution < -0.4 is 11.5 Å². The molecule has 0 saturated heterocycles. The minimum Gasteiger partial charge on any atom is -0.368 e. The molecule has 5 nitrogen and oxygen atoms in total. The Morgan fingerprint density at radius 3 is 2.23 bits per heavy atom. The number of nitrogens with zero attached hydrogens (tertiary/aromatic N) is 3. The molecule has 74 valence electrons. The molecule has 1 atom stereocenters. The van der Waals surface area contributed by atoms with Gasteiger partial charge in [-0.1, -0.05) is 20.8 Å². The van der Waals surface area contributed by atoms with Crippen molar-refractivity contribution in [3.8, 4) is 0 Å². The first-order chi connectivity index (χ1) is 5.82. The van der Waals surface area contributed by atoms with E-state index in [2.05, 4.69) is 10.1 Å². The molecule has 0 aliphatic rings. The smallest absolute Gasteiger partial charge is 0.218 e. The molecule has 1 aromatic heterocycles. The zero-order valence-electron chi connectivity index (χ0n) is 8.57. The Bertz CT molecular complexity index is 276. The molecule has 0 unspecified atom stereocenters. The molecule has 0 aliphatic carbocycles. The highest BCUT2D eigenvalue weighted by Gasteiger charge is 2.26. The van der Waals surface area contributed by atoms with Gasteiger partial charge in [-0.2, -0.15) is 10.1 Å². The molecule has 1 aromatic rings. The Kier molecular flexibility index (Phi) is 2.30. The van der Waals surface area contributed by atoms with E-state index in [1.54, 1.807) is 7.05 Å². The zero-order valence-corrected chi connectivity index (χ0v) is 8.57. The maximum atomic E-state index is 5.96. The van der Waals surface area contributed by atoms with Crippen molar-refractivity contribution in [2.24, 2.45) is 18.2 Å². The highest BCUT2D eigenvalue weighted by Crippen LogP contribution is 2.28. The van der Waals surface area contributed by atoms with Gasteiger partial charge in [-0.15, -0.1) is 0 Å². The molecule has 0 aliphatic heterocycles. The van der Waals surface area contributed by atoms with Crippen molar-refractivity contribution in [3.63, 3.8) is 0 Å². The van der Waals surface area contributed by atoms with E-state index in [9.17, 15) is 0 Å². The van der Waals surface area contributed by atoms with Gasteiger partial charge in [-0.3, -0.25) is 0 Å². The second kappa shape index (κ2) is 2.99. The van der Waals surface area contributed by atoms with Crippen LogP contribution in [0.5, 0.6) is 0 Å². The molecular weight excluding hydrogens is 166 g/mol. The largest absolute Gasteiger partial charge is 0.368 e. The van der Waals surface area contributed by atoms with E-state index in [1.165, 1.54) is 4.68 Å². The lowest BCUT2D eigenvalue weighted by Gasteiger charge is -2.24. The Hall–Kier alpha value is -1.10. The van der Waals surface area contributed by atoms with Gasteiger partial charge in [0.2, 0.25) is 5.95 Å². The summed E-state index contributed by atoms with van der Waals surface area (Å²) in [5.74, 6) is 1.00. The van der Waals surface area contributed by atoms with Gasteiger partial charge in [0.25, 0.3) is 0 Å². The summed E-state index contributed by atoms with van der Waals surface area (Å²) in [4.78, 5) is 4.08. The Labute approximate surface area is 78.1 Å². The van der Waals surface area contributed by atoms with Gasteiger partial charge >= 0.3 is 0 Å². The van der Waals surface area contributed by atoms with Gasteiger partial charge < -0.3 is 11.5 Å². The van der Waals surface area contributed by atoms with Gasteiger partial charge in [0.1, 0.15) is 0 Å². The molecule has 1 heterocycles. The molecule has 0 radical (unpaired) electrons. The summed E-state index contributed by atoms with van der Waals surface area (Å²) in [6.07, 6.45) is 0. The van der Waals surface area contributed by atoms with E-state index in [0.717, 1.165) is 0 Å². The molecule has 0 aromatic carbocycles. The van der Waals surface area contributed by atoms with E-state index in [0.29, 0.717) is 11.8 Å². The third-order valence-electron chi connectivity index (χ3n) is 2.02. The standard InChI is InChI=1S/C8H17N5/c1-8(2,3)5(9)6-11-7(10)13(4)12-6/h5H,9H2,1-4H3,(H2,10,11,12)/t5-/m1/s1. The predicted octanol–water partition coefficient (Wildman–Crippen LogP) is 0.443. The molecular formula is C8H17N5. The van der Waals surface area contributed by atoms with Crippen LogP contribution in [0.2, 0.25) is 0 Å². The number of nitrogen functional groups attached to an aromatic ring is 1. The van der Waals surface area contributed by atoms with Crippen LogP contribution in [0.4, 0.5) is 5.95 Å². The minimum atomic E-state index is -0.184. The molecule has 0 saturated carbocycles. The van der Waals surface area contributed by atoms with Crippen molar-refractivity contribution >= 4 is 5.95 Å². The molecule has 13 heavy (non-hydrogen) atoms. The fourth-order valence-corrected chi connectivity index (χ4v) is 0.936. The summed E-state index contributed by atoms with van der Waals surface area (Å²) in [5.41, 5.74) is 11.5. The summed E-state index contributed by atoms with van der Waals surface area (Å²) >= 11 is 0. The molecule has 4 N–H and O–H groups in total. The molecule has 0 amide bonds. The first-order valence-electron chi connectivity index (χ1n) is 4.24. The zero-order chi connectivity index (χ0) is 10.2. The van der Waals surface area contributed by atoms with Crippen LogP contribution >= 0.6 is 0 Å². The fraction of sp³-hybridized carbons (Fsp3) is 0.750. The third kappa shape index (κ3) is 1.98. The van der Waals surface area contributed by atoms with Crippen LogP contribution in [0.1, 0.15) is 32.6 Å². The van der Waals surface area contributed by atoms with Crippen molar-refractivity contribution in [1.82, 2.24) is 14.8 Å². The van der Waals surface area contributed by atoms with Crippen LogP contribution in [0.3, 0.4) is 0 Å². The Balaban J connectivity index is 2.96. The highest BCUT2D eigenvalue weighted by molar-refractivity contribution is 5.17. The summed E-state index contributed by atoms with van der Waals surface area (Å²) in [6, 6.07) is -0.184. The molecule has 0 fully saturated rings. The quantitative estimate of drug-likeness (QED) is 0.662. The molecule has 5 heteroatoms. The minimum absolute atomic E-state index is 0.0478. The highest BCUT2D eigenvalue weighted by atomic mass is 15.4. The first-order valence-corrected chi connectivity index (χ1v) is 4.24. The number of anilines is 1. The van der Waals surface area contributed by atoms with E-state index in [1.807, 2.05) is 20.8 Å². The fourth-order valence-electron chi connectivity index (χ4n) is 0.936. The monoisotopic (exact) mass is 183 g/mol. The normalized spacial score (nSPS) is 14.5. The second-order valence-corrected chi connectivity index (χ2v) is 4.30. The van der Waals surface area contributed by atoms with Crippen molar-refractivity contribution in [3.05, 3.63) is 5.82 Å². The molecule has 0 bridgehead atoms. The van der Waals surface area contributed by atoms with E-state index in [-0.39, 0.29) is 11.5 Å². The van der Waals surface area contributed by atoms with Crippen molar-refractivity contribution in [2.45, 2.75) is 26.8 Å². The average molecular weight is 183 g/mol. The lowest BCUT2D eigenvalue weighted by Crippen LogP contribution is -2.27. The van der Waals surface area contributed by atoms with Crippen LogP contribution in [-0.2, 0) is 7.05 Å². The number of rotatable bonds is 1. The maximum absolute atomic E-state index is 5.96. The molecule has 1 rings (SSSR count). The second-order valence-electron chi connectivity index (χ2n) is 4.30. The summed E-state index contributed by atoms with van der Waals surface area (Å²) in [5, 5.41) is 4.13. The van der Waals surface area contributed by atoms with Crippen LogP contribution in [-0.4, -0.2) is 14.8 Å². The number of hydrogen-bond acceptors (Lipinski definition) is 4.